The molecule has 1 aliphatic carbocycles. The van der Waals surface area contributed by atoms with E-state index in [0.29, 0.717) is 5.92 Å². The molecule has 0 aliphatic heterocycles. The Kier molecular flexibility index (Phi) is 3.36. The quantitative estimate of drug-likeness (QED) is 0.854. The predicted molar refractivity (Wildman–Crippen MR) is 77.0 cm³/mol. The van der Waals surface area contributed by atoms with Crippen LogP contribution < -0.4 is 0 Å². The summed E-state index contributed by atoms with van der Waals surface area (Å²) in [5, 5.41) is 11.8. The Morgan fingerprint density at radius 1 is 1.16 bits per heavy atom. The van der Waals surface area contributed by atoms with Crippen molar-refractivity contribution >= 4 is 11.0 Å². The van der Waals surface area contributed by atoms with Crippen molar-refractivity contribution in [3.8, 4) is 0 Å². The molecule has 2 aromatic rings. The number of fused-ring (bicyclic) bond motifs is 1. The molecule has 1 saturated carbocycles. The van der Waals surface area contributed by atoms with Gasteiger partial charge in [-0.15, -0.1) is 0 Å². The smallest absolute Gasteiger partial charge is 0.134 e. The minimum absolute atomic E-state index is 0.379. The highest BCUT2D eigenvalue weighted by atomic mass is 16.3. The number of benzene rings is 1. The molecule has 1 N–H and O–H groups in total. The van der Waals surface area contributed by atoms with Crippen molar-refractivity contribution in [2.75, 3.05) is 0 Å². The molecule has 0 radical (unpaired) electrons. The molecule has 1 aromatic heterocycles. The Morgan fingerprint density at radius 2 is 1.84 bits per heavy atom. The van der Waals surface area contributed by atoms with E-state index in [1.807, 2.05) is 25.1 Å². The first-order chi connectivity index (χ1) is 9.16. The molecular formula is C17H22O2. The molecule has 1 aliphatic rings. The van der Waals surface area contributed by atoms with E-state index in [4.69, 9.17) is 4.42 Å². The van der Waals surface area contributed by atoms with Gasteiger partial charge in [0, 0.05) is 10.9 Å². The highest BCUT2D eigenvalue weighted by Gasteiger charge is 2.29. The van der Waals surface area contributed by atoms with Gasteiger partial charge in [0.2, 0.25) is 0 Å². The molecular weight excluding hydrogens is 236 g/mol. The van der Waals surface area contributed by atoms with E-state index in [2.05, 4.69) is 13.0 Å². The number of hydrogen-bond donors (Lipinski definition) is 1. The van der Waals surface area contributed by atoms with Crippen molar-refractivity contribution < 1.29 is 9.52 Å². The Labute approximate surface area is 114 Å². The van der Waals surface area contributed by atoms with Crippen LogP contribution in [0.3, 0.4) is 0 Å². The van der Waals surface area contributed by atoms with Crippen LogP contribution in [0.4, 0.5) is 0 Å². The monoisotopic (exact) mass is 258 g/mol. The average molecular weight is 258 g/mol. The van der Waals surface area contributed by atoms with Crippen LogP contribution >= 0.6 is 0 Å². The maximum atomic E-state index is 10.7. The van der Waals surface area contributed by atoms with E-state index >= 15 is 0 Å². The van der Waals surface area contributed by atoms with E-state index in [9.17, 15) is 5.11 Å². The number of rotatable bonds is 2. The zero-order valence-electron chi connectivity index (χ0n) is 11.7. The molecule has 1 fully saturated rings. The number of para-hydroxylation sites is 1. The van der Waals surface area contributed by atoms with Gasteiger partial charge in [0.25, 0.3) is 0 Å². The van der Waals surface area contributed by atoms with Gasteiger partial charge >= 0.3 is 0 Å². The van der Waals surface area contributed by atoms with Gasteiger partial charge in [0.05, 0.1) is 6.10 Å². The van der Waals surface area contributed by atoms with Crippen LogP contribution in [0.2, 0.25) is 0 Å². The largest absolute Gasteiger partial charge is 0.461 e. The number of aliphatic hydroxyl groups is 1. The minimum atomic E-state index is -0.379. The van der Waals surface area contributed by atoms with Crippen molar-refractivity contribution in [2.24, 2.45) is 11.8 Å². The Morgan fingerprint density at radius 3 is 2.58 bits per heavy atom. The molecule has 3 rings (SSSR count). The zero-order chi connectivity index (χ0) is 13.4. The van der Waals surface area contributed by atoms with E-state index in [1.165, 1.54) is 12.8 Å². The van der Waals surface area contributed by atoms with Crippen LogP contribution in [0.5, 0.6) is 0 Å². The second-order valence-corrected chi connectivity index (χ2v) is 6.03. The van der Waals surface area contributed by atoms with Crippen molar-refractivity contribution in [3.05, 3.63) is 35.6 Å². The van der Waals surface area contributed by atoms with Gasteiger partial charge in [-0.1, -0.05) is 38.0 Å². The predicted octanol–water partition coefficient (Wildman–Crippen LogP) is 4.60. The number of furan rings is 1. The lowest BCUT2D eigenvalue weighted by Gasteiger charge is -2.29. The van der Waals surface area contributed by atoms with Crippen molar-refractivity contribution in [3.63, 3.8) is 0 Å². The van der Waals surface area contributed by atoms with E-state index < -0.39 is 0 Å². The fourth-order valence-electron chi connectivity index (χ4n) is 3.39. The van der Waals surface area contributed by atoms with Crippen LogP contribution in [-0.2, 0) is 0 Å². The summed E-state index contributed by atoms with van der Waals surface area (Å²) in [5.74, 6) is 2.06. The summed E-state index contributed by atoms with van der Waals surface area (Å²) in [6.45, 7) is 4.27. The molecule has 1 heterocycles. The van der Waals surface area contributed by atoms with Gasteiger partial charge < -0.3 is 9.52 Å². The van der Waals surface area contributed by atoms with Crippen molar-refractivity contribution in [1.82, 2.24) is 0 Å². The standard InChI is InChI=1S/C17H22O2/c1-11-7-9-13(10-8-11)17(18)16-12(2)19-15-6-4-3-5-14(15)16/h3-6,11,13,17-18H,7-10H2,1-2H3. The van der Waals surface area contributed by atoms with E-state index in [-0.39, 0.29) is 6.10 Å². The summed E-state index contributed by atoms with van der Waals surface area (Å²) >= 11 is 0. The lowest BCUT2D eigenvalue weighted by molar-refractivity contribution is 0.0753. The lowest BCUT2D eigenvalue weighted by atomic mass is 9.78. The highest BCUT2D eigenvalue weighted by Crippen LogP contribution is 2.40. The van der Waals surface area contributed by atoms with Gasteiger partial charge in [-0.25, -0.2) is 0 Å². The van der Waals surface area contributed by atoms with Gasteiger partial charge in [0.15, 0.2) is 0 Å². The van der Waals surface area contributed by atoms with Gasteiger partial charge in [-0.3, -0.25) is 0 Å². The third kappa shape index (κ3) is 2.30. The topological polar surface area (TPSA) is 33.4 Å². The molecule has 2 nitrogen and oxygen atoms in total. The number of aliphatic hydroxyl groups excluding tert-OH is 1. The third-order valence-electron chi connectivity index (χ3n) is 4.62. The molecule has 19 heavy (non-hydrogen) atoms. The minimum Gasteiger partial charge on any atom is -0.461 e. The fraction of sp³-hybridized carbons (Fsp3) is 0.529. The molecule has 1 atom stereocenters. The first-order valence-electron chi connectivity index (χ1n) is 7.33. The van der Waals surface area contributed by atoms with Crippen LogP contribution in [0.25, 0.3) is 11.0 Å². The number of hydrogen-bond acceptors (Lipinski definition) is 2. The summed E-state index contributed by atoms with van der Waals surface area (Å²) < 4.78 is 5.77. The molecule has 0 bridgehead atoms. The summed E-state index contributed by atoms with van der Waals surface area (Å²) in [6.07, 6.45) is 4.34. The van der Waals surface area contributed by atoms with Gasteiger partial charge in [-0.2, -0.15) is 0 Å². The summed E-state index contributed by atoms with van der Waals surface area (Å²) in [7, 11) is 0. The van der Waals surface area contributed by atoms with E-state index in [0.717, 1.165) is 41.1 Å². The van der Waals surface area contributed by atoms with Crippen LogP contribution in [-0.4, -0.2) is 5.11 Å². The Balaban J connectivity index is 1.93. The Bertz CT molecular complexity index is 562. The highest BCUT2D eigenvalue weighted by molar-refractivity contribution is 5.82. The molecule has 0 saturated heterocycles. The summed E-state index contributed by atoms with van der Waals surface area (Å²) in [5.41, 5.74) is 1.90. The van der Waals surface area contributed by atoms with E-state index in [1.54, 1.807) is 0 Å². The first-order valence-corrected chi connectivity index (χ1v) is 7.33. The fourth-order valence-corrected chi connectivity index (χ4v) is 3.39. The molecule has 1 unspecified atom stereocenters. The van der Waals surface area contributed by atoms with Crippen LogP contribution in [0, 0.1) is 18.8 Å². The summed E-state index contributed by atoms with van der Waals surface area (Å²) in [6, 6.07) is 8.01. The normalized spacial score (nSPS) is 25.6. The second-order valence-electron chi connectivity index (χ2n) is 6.03. The third-order valence-corrected chi connectivity index (χ3v) is 4.62. The second kappa shape index (κ2) is 5.01. The molecule has 0 spiro atoms. The SMILES string of the molecule is Cc1oc2ccccc2c1C(O)C1CCC(C)CC1. The van der Waals surface area contributed by atoms with Gasteiger partial charge in [-0.05, 0) is 37.7 Å². The van der Waals surface area contributed by atoms with Crippen molar-refractivity contribution in [1.29, 1.82) is 0 Å². The molecule has 0 amide bonds. The van der Waals surface area contributed by atoms with Crippen LogP contribution in [0.1, 0.15) is 50.0 Å². The molecule has 102 valence electrons. The van der Waals surface area contributed by atoms with Gasteiger partial charge in [0.1, 0.15) is 11.3 Å². The maximum absolute atomic E-state index is 10.7. The molecule has 1 aromatic carbocycles. The summed E-state index contributed by atoms with van der Waals surface area (Å²) in [4.78, 5) is 0. The first kappa shape index (κ1) is 12.7. The average Bonchev–Trinajstić information content (AvgIpc) is 2.74. The lowest BCUT2D eigenvalue weighted by Crippen LogP contribution is -2.19. The Hall–Kier alpha value is -1.28. The maximum Gasteiger partial charge on any atom is 0.134 e. The van der Waals surface area contributed by atoms with Crippen molar-refractivity contribution in [2.45, 2.75) is 45.6 Å². The molecule has 2 heteroatoms. The number of aryl methyl sites for hydroxylation is 1. The van der Waals surface area contributed by atoms with Crippen LogP contribution in [0.15, 0.2) is 28.7 Å². The zero-order valence-corrected chi connectivity index (χ0v) is 11.7.